The first-order valence-electron chi connectivity index (χ1n) is 17.1. The number of aliphatic hydroxyl groups excluding tert-OH is 1. The summed E-state index contributed by atoms with van der Waals surface area (Å²) in [5.74, 6) is 0.567. The lowest BCUT2D eigenvalue weighted by atomic mass is 9.99. The summed E-state index contributed by atoms with van der Waals surface area (Å²) in [4.78, 5) is 29.0. The van der Waals surface area contributed by atoms with Gasteiger partial charge < -0.3 is 30.7 Å². The number of carbonyl (C=O) groups is 1. The molecule has 0 spiro atoms. The third-order valence-electron chi connectivity index (χ3n) is 9.84. The van der Waals surface area contributed by atoms with Gasteiger partial charge in [0.15, 0.2) is 0 Å². The lowest BCUT2D eigenvalue weighted by Crippen LogP contribution is -2.57. The minimum absolute atomic E-state index is 0.00313. The molecular weight excluding hydrogens is 647 g/mol. The van der Waals surface area contributed by atoms with Crippen LogP contribution in [0, 0.1) is 5.82 Å². The number of aliphatic hydroxyl groups is 1. The van der Waals surface area contributed by atoms with Crippen LogP contribution in [0.2, 0.25) is 5.02 Å². The fourth-order valence-corrected chi connectivity index (χ4v) is 7.36. The predicted molar refractivity (Wildman–Crippen MR) is 193 cm³/mol. The minimum Gasteiger partial charge on any atom is -0.494 e. The van der Waals surface area contributed by atoms with E-state index in [1.165, 1.54) is 31.3 Å². The number of piperidine rings is 1. The summed E-state index contributed by atoms with van der Waals surface area (Å²) >= 11 is 6.03. The topological polar surface area (TPSA) is 118 Å². The van der Waals surface area contributed by atoms with Gasteiger partial charge in [-0.1, -0.05) is 30.3 Å². The Morgan fingerprint density at radius 3 is 2.57 bits per heavy atom. The van der Waals surface area contributed by atoms with E-state index in [0.29, 0.717) is 46.4 Å². The average Bonchev–Trinajstić information content (AvgIpc) is 3.95. The number of amides is 1. The molecule has 3 aromatic rings. The van der Waals surface area contributed by atoms with Crippen LogP contribution in [0.1, 0.15) is 50.6 Å². The largest absolute Gasteiger partial charge is 0.494 e. The number of halogens is 2. The van der Waals surface area contributed by atoms with E-state index >= 15 is 0 Å². The van der Waals surface area contributed by atoms with E-state index in [1.807, 2.05) is 12.1 Å². The zero-order valence-electron chi connectivity index (χ0n) is 28.2. The van der Waals surface area contributed by atoms with Crippen molar-refractivity contribution >= 4 is 46.2 Å². The van der Waals surface area contributed by atoms with Crippen molar-refractivity contribution < 1.29 is 19.0 Å². The fourth-order valence-electron chi connectivity index (χ4n) is 7.18. The molecule has 0 bridgehead atoms. The molecule has 2 aromatic carbocycles. The molecule has 11 nitrogen and oxygen atoms in total. The summed E-state index contributed by atoms with van der Waals surface area (Å²) in [5, 5.41) is 19.2. The SMILES string of the molecule is C=CC(=O)Nc1cc(Nc2cc(N[C@H](CCO)c3cccc(Cl)c3F)ncn2)c(OC)cc1N1CCC(N2CCN(C3CC3)[C@H](C)C2)CC1. The van der Waals surface area contributed by atoms with Gasteiger partial charge in [-0.25, -0.2) is 14.4 Å². The minimum atomic E-state index is -0.583. The number of nitrogens with zero attached hydrogens (tertiary/aromatic N) is 5. The Labute approximate surface area is 292 Å². The van der Waals surface area contributed by atoms with Gasteiger partial charge in [0, 0.05) is 75.2 Å². The predicted octanol–water partition coefficient (Wildman–Crippen LogP) is 5.82. The number of nitrogens with one attached hydrogen (secondary N) is 3. The van der Waals surface area contributed by atoms with Gasteiger partial charge in [-0.05, 0) is 57.2 Å². The van der Waals surface area contributed by atoms with Crippen molar-refractivity contribution in [3.63, 3.8) is 0 Å². The Balaban J connectivity index is 1.18. The molecule has 1 aromatic heterocycles. The van der Waals surface area contributed by atoms with Crippen molar-refractivity contribution in [3.05, 3.63) is 71.8 Å². The summed E-state index contributed by atoms with van der Waals surface area (Å²) < 4.78 is 20.7. The highest BCUT2D eigenvalue weighted by atomic mass is 35.5. The molecule has 0 radical (unpaired) electrons. The fraction of sp³-hybridized carbons (Fsp3) is 0.472. The Hall–Kier alpha value is -3.97. The van der Waals surface area contributed by atoms with E-state index < -0.39 is 11.9 Å². The number of benzene rings is 2. The number of hydrogen-bond donors (Lipinski definition) is 4. The lowest BCUT2D eigenvalue weighted by Gasteiger charge is -2.46. The zero-order valence-corrected chi connectivity index (χ0v) is 28.9. The van der Waals surface area contributed by atoms with Gasteiger partial charge in [0.1, 0.15) is 29.5 Å². The number of aromatic nitrogens is 2. The summed E-state index contributed by atoms with van der Waals surface area (Å²) in [6.07, 6.45) is 7.65. The van der Waals surface area contributed by atoms with E-state index in [1.54, 1.807) is 25.3 Å². The van der Waals surface area contributed by atoms with Gasteiger partial charge in [-0.15, -0.1) is 0 Å². The van der Waals surface area contributed by atoms with Gasteiger partial charge in [-0.3, -0.25) is 14.6 Å². The standard InChI is InChI=1S/C36H46ClFN8O3/c1-4-35(48)43-29-18-30(42-34-20-33(39-22-40-34)41-28(12-17-47)26-6-5-7-27(37)36(26)38)32(49-3)19-31(29)44-13-10-24(11-14-44)45-15-16-46(23(2)21-45)25-8-9-25/h4-7,18-20,22-25,28,47H,1,8-17,21H2,2-3H3,(H,43,48)(H2,39,40,41,42)/t23-,28-/m1/s1. The summed E-state index contributed by atoms with van der Waals surface area (Å²) in [6, 6.07) is 11.6. The Bertz CT molecular complexity index is 1630. The first kappa shape index (κ1) is 34.9. The van der Waals surface area contributed by atoms with Crippen LogP contribution in [-0.4, -0.2) is 95.3 Å². The van der Waals surface area contributed by atoms with E-state index in [9.17, 15) is 14.3 Å². The van der Waals surface area contributed by atoms with Gasteiger partial charge in [-0.2, -0.15) is 0 Å². The second kappa shape index (κ2) is 15.7. The van der Waals surface area contributed by atoms with Crippen LogP contribution >= 0.6 is 11.6 Å². The van der Waals surface area contributed by atoms with Crippen molar-refractivity contribution in [2.24, 2.45) is 0 Å². The van der Waals surface area contributed by atoms with Crippen LogP contribution in [-0.2, 0) is 4.79 Å². The molecule has 3 aliphatic rings. The summed E-state index contributed by atoms with van der Waals surface area (Å²) in [6.45, 7) is 11.0. The molecule has 262 valence electrons. The molecule has 3 fully saturated rings. The Morgan fingerprint density at radius 2 is 1.88 bits per heavy atom. The van der Waals surface area contributed by atoms with Gasteiger partial charge in [0.25, 0.3) is 0 Å². The highest BCUT2D eigenvalue weighted by Gasteiger charge is 2.37. The van der Waals surface area contributed by atoms with Crippen LogP contribution in [0.5, 0.6) is 5.75 Å². The van der Waals surface area contributed by atoms with E-state index in [4.69, 9.17) is 16.3 Å². The van der Waals surface area contributed by atoms with Crippen LogP contribution in [0.3, 0.4) is 0 Å². The maximum atomic E-state index is 14.9. The zero-order chi connectivity index (χ0) is 34.5. The average molecular weight is 693 g/mol. The molecule has 2 aliphatic heterocycles. The first-order chi connectivity index (χ1) is 23.8. The van der Waals surface area contributed by atoms with Crippen LogP contribution in [0.15, 0.2) is 55.4 Å². The first-order valence-corrected chi connectivity index (χ1v) is 17.5. The smallest absolute Gasteiger partial charge is 0.247 e. The summed E-state index contributed by atoms with van der Waals surface area (Å²) in [5.41, 5.74) is 2.42. The molecular formula is C36H46ClFN8O3. The molecule has 1 saturated carbocycles. The molecule has 49 heavy (non-hydrogen) atoms. The number of anilines is 5. The highest BCUT2D eigenvalue weighted by Crippen LogP contribution is 2.40. The maximum Gasteiger partial charge on any atom is 0.247 e. The monoisotopic (exact) mass is 692 g/mol. The van der Waals surface area contributed by atoms with E-state index in [2.05, 4.69) is 54.1 Å². The van der Waals surface area contributed by atoms with Crippen LogP contribution in [0.25, 0.3) is 0 Å². The van der Waals surface area contributed by atoms with Gasteiger partial charge in [0.2, 0.25) is 5.91 Å². The van der Waals surface area contributed by atoms with E-state index in [0.717, 1.165) is 57.3 Å². The van der Waals surface area contributed by atoms with Crippen molar-refractivity contribution in [2.45, 2.75) is 63.2 Å². The van der Waals surface area contributed by atoms with Crippen molar-refractivity contribution in [2.75, 3.05) is 67.3 Å². The van der Waals surface area contributed by atoms with Crippen LogP contribution < -0.4 is 25.6 Å². The molecule has 13 heteroatoms. The second-order valence-electron chi connectivity index (χ2n) is 13.1. The second-order valence-corrected chi connectivity index (χ2v) is 13.5. The number of carbonyl (C=O) groups excluding carboxylic acids is 1. The maximum absolute atomic E-state index is 14.9. The molecule has 2 atom stereocenters. The van der Waals surface area contributed by atoms with Crippen LogP contribution in [0.4, 0.5) is 33.1 Å². The Kier molecular flexibility index (Phi) is 11.2. The third kappa shape index (κ3) is 8.26. The highest BCUT2D eigenvalue weighted by molar-refractivity contribution is 6.30. The van der Waals surface area contributed by atoms with Gasteiger partial charge in [0.05, 0.1) is 35.2 Å². The number of piperazine rings is 1. The van der Waals surface area contributed by atoms with Crippen molar-refractivity contribution in [1.82, 2.24) is 19.8 Å². The molecule has 6 rings (SSSR count). The molecule has 1 aliphatic carbocycles. The molecule has 3 heterocycles. The van der Waals surface area contributed by atoms with Crippen molar-refractivity contribution in [3.8, 4) is 5.75 Å². The molecule has 0 unspecified atom stereocenters. The molecule has 1 amide bonds. The molecule has 4 N–H and O–H groups in total. The Morgan fingerprint density at radius 1 is 1.10 bits per heavy atom. The number of rotatable bonds is 13. The van der Waals surface area contributed by atoms with Crippen molar-refractivity contribution in [1.29, 1.82) is 0 Å². The van der Waals surface area contributed by atoms with Gasteiger partial charge >= 0.3 is 0 Å². The lowest BCUT2D eigenvalue weighted by molar-refractivity contribution is -0.111. The normalized spacial score (nSPS) is 19.7. The number of methoxy groups -OCH3 is 1. The summed E-state index contributed by atoms with van der Waals surface area (Å²) in [7, 11) is 1.60. The number of hydrogen-bond acceptors (Lipinski definition) is 10. The third-order valence-corrected chi connectivity index (χ3v) is 10.1. The number of ether oxygens (including phenoxy) is 1. The van der Waals surface area contributed by atoms with E-state index in [-0.39, 0.29) is 24.0 Å². The molecule has 2 saturated heterocycles. The quantitative estimate of drug-likeness (QED) is 0.163.